The SMILES string of the molecule is CCOC(=O)c1cnc2ccc(Cl)cc2c1Nc1cccc(Cl)c1. The van der Waals surface area contributed by atoms with E-state index in [1.807, 2.05) is 12.1 Å². The predicted molar refractivity (Wildman–Crippen MR) is 97.4 cm³/mol. The Hall–Kier alpha value is -2.30. The van der Waals surface area contributed by atoms with Crippen LogP contribution in [0.3, 0.4) is 0 Å². The number of nitrogens with one attached hydrogen (secondary N) is 1. The van der Waals surface area contributed by atoms with Gasteiger partial charge in [-0.05, 0) is 43.3 Å². The number of carbonyl (C=O) groups is 1. The molecule has 4 nitrogen and oxygen atoms in total. The van der Waals surface area contributed by atoms with Crippen LogP contribution in [-0.2, 0) is 4.74 Å². The minimum atomic E-state index is -0.448. The van der Waals surface area contributed by atoms with Crippen LogP contribution in [0.4, 0.5) is 11.4 Å². The number of hydrogen-bond acceptors (Lipinski definition) is 4. The molecule has 6 heteroatoms. The number of anilines is 2. The Kier molecular flexibility index (Phi) is 4.88. The Morgan fingerprint density at radius 2 is 1.96 bits per heavy atom. The van der Waals surface area contributed by atoms with Gasteiger partial charge in [-0.25, -0.2) is 4.79 Å². The van der Waals surface area contributed by atoms with E-state index in [1.54, 1.807) is 37.3 Å². The number of rotatable bonds is 4. The lowest BCUT2D eigenvalue weighted by Gasteiger charge is -2.14. The summed E-state index contributed by atoms with van der Waals surface area (Å²) < 4.78 is 5.13. The first-order valence-corrected chi connectivity index (χ1v) is 8.12. The quantitative estimate of drug-likeness (QED) is 0.627. The molecule has 0 aliphatic carbocycles. The van der Waals surface area contributed by atoms with Crippen molar-refractivity contribution in [3.05, 3.63) is 64.3 Å². The van der Waals surface area contributed by atoms with E-state index < -0.39 is 5.97 Å². The van der Waals surface area contributed by atoms with Crippen LogP contribution in [0.2, 0.25) is 10.0 Å². The van der Waals surface area contributed by atoms with Gasteiger partial charge < -0.3 is 10.1 Å². The van der Waals surface area contributed by atoms with E-state index >= 15 is 0 Å². The summed E-state index contributed by atoms with van der Waals surface area (Å²) in [7, 11) is 0. The summed E-state index contributed by atoms with van der Waals surface area (Å²) in [5.41, 5.74) is 2.40. The van der Waals surface area contributed by atoms with Gasteiger partial charge in [0.15, 0.2) is 0 Å². The van der Waals surface area contributed by atoms with Gasteiger partial charge in [0.05, 0.1) is 17.8 Å². The third kappa shape index (κ3) is 3.45. The van der Waals surface area contributed by atoms with Crippen LogP contribution in [0.5, 0.6) is 0 Å². The number of nitrogens with zero attached hydrogens (tertiary/aromatic N) is 1. The zero-order chi connectivity index (χ0) is 17.1. The second-order valence-electron chi connectivity index (χ2n) is 5.06. The zero-order valence-corrected chi connectivity index (χ0v) is 14.4. The van der Waals surface area contributed by atoms with E-state index in [2.05, 4.69) is 10.3 Å². The number of esters is 1. The standard InChI is InChI=1S/C18H14Cl2N2O2/c1-2-24-18(23)15-10-21-16-7-6-12(20)9-14(16)17(15)22-13-5-3-4-11(19)8-13/h3-10H,2H2,1H3,(H,21,22). The number of carbonyl (C=O) groups excluding carboxylic acids is 1. The normalized spacial score (nSPS) is 10.6. The van der Waals surface area contributed by atoms with Crippen LogP contribution in [-0.4, -0.2) is 17.6 Å². The Labute approximate surface area is 149 Å². The summed E-state index contributed by atoms with van der Waals surface area (Å²) in [6.45, 7) is 2.04. The highest BCUT2D eigenvalue weighted by atomic mass is 35.5. The molecule has 2 aromatic carbocycles. The fraction of sp³-hybridized carbons (Fsp3) is 0.111. The minimum Gasteiger partial charge on any atom is -0.462 e. The van der Waals surface area contributed by atoms with E-state index in [9.17, 15) is 4.79 Å². The van der Waals surface area contributed by atoms with Gasteiger partial charge in [0.2, 0.25) is 0 Å². The largest absolute Gasteiger partial charge is 0.462 e. The third-order valence-corrected chi connectivity index (χ3v) is 3.89. The number of hydrogen-bond donors (Lipinski definition) is 1. The summed E-state index contributed by atoms with van der Waals surface area (Å²) in [5.74, 6) is -0.448. The molecular weight excluding hydrogens is 347 g/mol. The summed E-state index contributed by atoms with van der Waals surface area (Å²) >= 11 is 12.2. The second kappa shape index (κ2) is 7.07. The molecule has 24 heavy (non-hydrogen) atoms. The number of halogens is 2. The third-order valence-electron chi connectivity index (χ3n) is 3.42. The maximum Gasteiger partial charge on any atom is 0.341 e. The topological polar surface area (TPSA) is 51.2 Å². The van der Waals surface area contributed by atoms with Crippen molar-refractivity contribution in [2.24, 2.45) is 0 Å². The van der Waals surface area contributed by atoms with E-state index in [-0.39, 0.29) is 6.61 Å². The molecule has 0 aliphatic heterocycles. The summed E-state index contributed by atoms with van der Waals surface area (Å²) in [4.78, 5) is 16.6. The van der Waals surface area contributed by atoms with Crippen LogP contribution in [0.15, 0.2) is 48.7 Å². The van der Waals surface area contributed by atoms with Crippen LogP contribution in [0.1, 0.15) is 17.3 Å². The summed E-state index contributed by atoms with van der Waals surface area (Å²) in [5, 5.41) is 5.12. The molecule has 0 atom stereocenters. The van der Waals surface area contributed by atoms with E-state index in [1.165, 1.54) is 6.20 Å². The molecule has 3 rings (SSSR count). The van der Waals surface area contributed by atoms with Crippen molar-refractivity contribution in [2.45, 2.75) is 6.92 Å². The van der Waals surface area contributed by atoms with Gasteiger partial charge in [0.25, 0.3) is 0 Å². The number of fused-ring (bicyclic) bond motifs is 1. The molecule has 0 saturated carbocycles. The van der Waals surface area contributed by atoms with E-state index in [0.717, 1.165) is 16.6 Å². The smallest absolute Gasteiger partial charge is 0.341 e. The second-order valence-corrected chi connectivity index (χ2v) is 5.94. The lowest BCUT2D eigenvalue weighted by Crippen LogP contribution is -2.09. The van der Waals surface area contributed by atoms with Crippen LogP contribution >= 0.6 is 23.2 Å². The molecule has 1 N–H and O–H groups in total. The molecule has 1 aromatic heterocycles. The van der Waals surface area contributed by atoms with Crippen molar-refractivity contribution in [3.8, 4) is 0 Å². The predicted octanol–water partition coefficient (Wildman–Crippen LogP) is 5.46. The highest BCUT2D eigenvalue weighted by Crippen LogP contribution is 2.32. The zero-order valence-electron chi connectivity index (χ0n) is 12.8. The molecule has 0 unspecified atom stereocenters. The van der Waals surface area contributed by atoms with E-state index in [0.29, 0.717) is 21.3 Å². The van der Waals surface area contributed by atoms with Gasteiger partial charge in [-0.15, -0.1) is 0 Å². The van der Waals surface area contributed by atoms with Crippen molar-refractivity contribution in [1.82, 2.24) is 4.98 Å². The van der Waals surface area contributed by atoms with Crippen LogP contribution < -0.4 is 5.32 Å². The molecule has 122 valence electrons. The molecule has 0 aliphatic rings. The molecule has 0 fully saturated rings. The van der Waals surface area contributed by atoms with Gasteiger partial charge in [-0.2, -0.15) is 0 Å². The molecule has 3 aromatic rings. The molecule has 0 radical (unpaired) electrons. The summed E-state index contributed by atoms with van der Waals surface area (Å²) in [6, 6.07) is 12.6. The highest BCUT2D eigenvalue weighted by molar-refractivity contribution is 6.31. The molecule has 0 amide bonds. The minimum absolute atomic E-state index is 0.281. The van der Waals surface area contributed by atoms with Crippen LogP contribution in [0, 0.1) is 0 Å². The Morgan fingerprint density at radius 3 is 2.71 bits per heavy atom. The number of benzene rings is 2. The van der Waals surface area contributed by atoms with Crippen molar-refractivity contribution in [2.75, 3.05) is 11.9 Å². The molecule has 0 bridgehead atoms. The fourth-order valence-electron chi connectivity index (χ4n) is 2.37. The van der Waals surface area contributed by atoms with Gasteiger partial charge in [0.1, 0.15) is 5.56 Å². The first kappa shape index (κ1) is 16.6. The van der Waals surface area contributed by atoms with Crippen molar-refractivity contribution in [1.29, 1.82) is 0 Å². The number of ether oxygens (including phenoxy) is 1. The monoisotopic (exact) mass is 360 g/mol. The van der Waals surface area contributed by atoms with Crippen LogP contribution in [0.25, 0.3) is 10.9 Å². The van der Waals surface area contributed by atoms with Gasteiger partial charge >= 0.3 is 5.97 Å². The van der Waals surface area contributed by atoms with Gasteiger partial charge in [0, 0.05) is 27.3 Å². The molecular formula is C18H14Cl2N2O2. The Bertz CT molecular complexity index is 913. The number of aromatic nitrogens is 1. The average molecular weight is 361 g/mol. The average Bonchev–Trinajstić information content (AvgIpc) is 2.55. The molecule has 0 spiro atoms. The van der Waals surface area contributed by atoms with Crippen molar-refractivity contribution in [3.63, 3.8) is 0 Å². The van der Waals surface area contributed by atoms with Crippen molar-refractivity contribution < 1.29 is 9.53 Å². The Morgan fingerprint density at radius 1 is 1.17 bits per heavy atom. The first-order valence-electron chi connectivity index (χ1n) is 7.36. The lowest BCUT2D eigenvalue weighted by atomic mass is 10.1. The maximum atomic E-state index is 12.3. The first-order chi connectivity index (χ1) is 11.6. The van der Waals surface area contributed by atoms with Gasteiger partial charge in [-0.1, -0.05) is 29.3 Å². The van der Waals surface area contributed by atoms with Crippen molar-refractivity contribution >= 4 is 51.4 Å². The lowest BCUT2D eigenvalue weighted by molar-refractivity contribution is 0.0527. The Balaban J connectivity index is 2.18. The summed E-state index contributed by atoms with van der Waals surface area (Å²) in [6.07, 6.45) is 1.50. The van der Waals surface area contributed by atoms with Gasteiger partial charge in [-0.3, -0.25) is 4.98 Å². The highest BCUT2D eigenvalue weighted by Gasteiger charge is 2.17. The number of pyridine rings is 1. The van der Waals surface area contributed by atoms with E-state index in [4.69, 9.17) is 27.9 Å². The molecule has 1 heterocycles. The molecule has 0 saturated heterocycles. The fourth-order valence-corrected chi connectivity index (χ4v) is 2.74. The maximum absolute atomic E-state index is 12.3.